The van der Waals surface area contributed by atoms with Gasteiger partial charge in [0, 0.05) is 24.8 Å². The number of nitrogens with two attached hydrogens (primary N) is 1. The summed E-state index contributed by atoms with van der Waals surface area (Å²) in [6.45, 7) is 3.62. The highest BCUT2D eigenvalue weighted by Crippen LogP contribution is 2.25. The molecule has 0 aliphatic heterocycles. The molecule has 2 N–H and O–H groups in total. The van der Waals surface area contributed by atoms with Crippen LogP contribution in [0.25, 0.3) is 11.5 Å². The molecule has 6 heteroatoms. The van der Waals surface area contributed by atoms with Gasteiger partial charge < -0.3 is 19.7 Å². The maximum Gasteiger partial charge on any atom is 0.258 e. The number of nitrogens with zero attached hydrogens (tertiary/aromatic N) is 2. The van der Waals surface area contributed by atoms with E-state index < -0.39 is 0 Å². The minimum atomic E-state index is 0.488. The minimum absolute atomic E-state index is 0.488. The predicted molar refractivity (Wildman–Crippen MR) is 75.3 cm³/mol. The van der Waals surface area contributed by atoms with E-state index in [2.05, 4.69) is 10.1 Å². The van der Waals surface area contributed by atoms with Crippen LogP contribution in [0.3, 0.4) is 0 Å². The van der Waals surface area contributed by atoms with Crippen LogP contribution in [-0.2, 0) is 15.9 Å². The van der Waals surface area contributed by atoms with E-state index in [-0.39, 0.29) is 0 Å². The third kappa shape index (κ3) is 3.55. The third-order valence-corrected chi connectivity index (χ3v) is 2.98. The highest BCUT2D eigenvalue weighted by Gasteiger charge is 2.12. The first-order valence-corrected chi connectivity index (χ1v) is 6.47. The Morgan fingerprint density at radius 1 is 1.25 bits per heavy atom. The molecule has 0 saturated carbocycles. The van der Waals surface area contributed by atoms with Gasteiger partial charge >= 0.3 is 0 Å². The summed E-state index contributed by atoms with van der Waals surface area (Å²) < 4.78 is 15.5. The van der Waals surface area contributed by atoms with Gasteiger partial charge in [0.2, 0.25) is 0 Å². The van der Waals surface area contributed by atoms with Gasteiger partial charge in [0.05, 0.1) is 19.8 Å². The van der Waals surface area contributed by atoms with Gasteiger partial charge in [0.15, 0.2) is 5.82 Å². The quantitative estimate of drug-likeness (QED) is 0.614. The lowest BCUT2D eigenvalue weighted by Crippen LogP contribution is -2.05. The number of benzene rings is 1. The van der Waals surface area contributed by atoms with Crippen LogP contribution in [0, 0.1) is 6.92 Å². The number of rotatable bonds is 7. The van der Waals surface area contributed by atoms with E-state index in [1.54, 1.807) is 7.11 Å². The maximum atomic E-state index is 5.87. The molecule has 0 unspecified atom stereocenters. The van der Waals surface area contributed by atoms with Crippen LogP contribution in [0.5, 0.6) is 0 Å². The van der Waals surface area contributed by atoms with Crippen LogP contribution >= 0.6 is 0 Å². The van der Waals surface area contributed by atoms with Gasteiger partial charge in [-0.25, -0.2) is 0 Å². The lowest BCUT2D eigenvalue weighted by Gasteiger charge is -2.03. The molecule has 0 spiro atoms. The summed E-state index contributed by atoms with van der Waals surface area (Å²) in [5, 5.41) is 3.94. The van der Waals surface area contributed by atoms with Crippen molar-refractivity contribution in [2.45, 2.75) is 13.3 Å². The molecule has 1 aromatic heterocycles. The Kier molecular flexibility index (Phi) is 5.09. The molecule has 108 valence electrons. The second kappa shape index (κ2) is 7.02. The minimum Gasteiger partial charge on any atom is -0.398 e. The first-order valence-electron chi connectivity index (χ1n) is 6.47. The Hall–Kier alpha value is -1.92. The van der Waals surface area contributed by atoms with Crippen molar-refractivity contribution in [1.29, 1.82) is 0 Å². The summed E-state index contributed by atoms with van der Waals surface area (Å²) in [6, 6.07) is 5.63. The van der Waals surface area contributed by atoms with Gasteiger partial charge in [0.25, 0.3) is 5.89 Å². The van der Waals surface area contributed by atoms with Crippen LogP contribution in [0.2, 0.25) is 0 Å². The largest absolute Gasteiger partial charge is 0.398 e. The lowest BCUT2D eigenvalue weighted by molar-refractivity contribution is 0.0714. The van der Waals surface area contributed by atoms with E-state index in [9.17, 15) is 0 Å². The molecule has 0 amide bonds. The molecule has 0 fully saturated rings. The molecule has 0 aliphatic carbocycles. The predicted octanol–water partition coefficient (Wildman–Crippen LogP) is 1.83. The highest BCUT2D eigenvalue weighted by molar-refractivity contribution is 5.66. The van der Waals surface area contributed by atoms with Crippen molar-refractivity contribution in [3.8, 4) is 11.5 Å². The first-order chi connectivity index (χ1) is 9.72. The van der Waals surface area contributed by atoms with Crippen molar-refractivity contribution < 1.29 is 14.0 Å². The van der Waals surface area contributed by atoms with Gasteiger partial charge in [-0.2, -0.15) is 4.98 Å². The summed E-state index contributed by atoms with van der Waals surface area (Å²) >= 11 is 0. The fourth-order valence-corrected chi connectivity index (χ4v) is 1.76. The van der Waals surface area contributed by atoms with Crippen molar-refractivity contribution >= 4 is 5.69 Å². The Morgan fingerprint density at radius 2 is 2.10 bits per heavy atom. The molecule has 6 nitrogen and oxygen atoms in total. The van der Waals surface area contributed by atoms with Gasteiger partial charge in [-0.15, -0.1) is 0 Å². The molecule has 0 saturated heterocycles. The van der Waals surface area contributed by atoms with E-state index in [1.807, 2.05) is 25.1 Å². The number of methoxy groups -OCH3 is 1. The zero-order valence-corrected chi connectivity index (χ0v) is 11.8. The van der Waals surface area contributed by atoms with Crippen LogP contribution < -0.4 is 5.73 Å². The number of anilines is 1. The zero-order chi connectivity index (χ0) is 14.4. The second-order valence-corrected chi connectivity index (χ2v) is 4.39. The fourth-order valence-electron chi connectivity index (χ4n) is 1.76. The average Bonchev–Trinajstić information content (AvgIpc) is 2.90. The van der Waals surface area contributed by atoms with Crippen molar-refractivity contribution in [1.82, 2.24) is 10.1 Å². The molecule has 1 heterocycles. The van der Waals surface area contributed by atoms with E-state index >= 15 is 0 Å². The highest BCUT2D eigenvalue weighted by atomic mass is 16.5. The van der Waals surface area contributed by atoms with Crippen LogP contribution in [0.4, 0.5) is 5.69 Å². The standard InChI is InChI=1S/C14H19N3O3/c1-10-11(4-3-5-12(10)15)14-16-13(17-20-14)6-7-19-9-8-18-2/h3-5H,6-9,15H2,1-2H3. The van der Waals surface area contributed by atoms with E-state index in [1.165, 1.54) is 0 Å². The van der Waals surface area contributed by atoms with Crippen molar-refractivity contribution in [3.63, 3.8) is 0 Å². The Morgan fingerprint density at radius 3 is 2.90 bits per heavy atom. The number of hydrogen-bond acceptors (Lipinski definition) is 6. The summed E-state index contributed by atoms with van der Waals surface area (Å²) in [5.74, 6) is 1.11. The molecule has 0 atom stereocenters. The molecule has 2 rings (SSSR count). The van der Waals surface area contributed by atoms with Gasteiger partial charge in [0.1, 0.15) is 0 Å². The second-order valence-electron chi connectivity index (χ2n) is 4.39. The van der Waals surface area contributed by atoms with E-state index in [0.29, 0.717) is 43.6 Å². The first kappa shape index (κ1) is 14.5. The average molecular weight is 277 g/mol. The molecule has 0 bridgehead atoms. The van der Waals surface area contributed by atoms with Crippen molar-refractivity contribution in [2.75, 3.05) is 32.7 Å². The summed E-state index contributed by atoms with van der Waals surface area (Å²) in [6.07, 6.45) is 0.606. The van der Waals surface area contributed by atoms with Crippen LogP contribution in [-0.4, -0.2) is 37.1 Å². The molecular formula is C14H19N3O3. The Labute approximate surface area is 117 Å². The van der Waals surface area contributed by atoms with Crippen molar-refractivity contribution in [3.05, 3.63) is 29.6 Å². The number of hydrogen-bond donors (Lipinski definition) is 1. The van der Waals surface area contributed by atoms with E-state index in [4.69, 9.17) is 19.7 Å². The van der Waals surface area contributed by atoms with Crippen LogP contribution in [0.15, 0.2) is 22.7 Å². The smallest absolute Gasteiger partial charge is 0.258 e. The fraction of sp³-hybridized carbons (Fsp3) is 0.429. The number of ether oxygens (including phenoxy) is 2. The molecular weight excluding hydrogens is 258 g/mol. The van der Waals surface area contributed by atoms with Gasteiger partial charge in [-0.3, -0.25) is 0 Å². The topological polar surface area (TPSA) is 83.4 Å². The Balaban J connectivity index is 1.97. The lowest BCUT2D eigenvalue weighted by atomic mass is 10.1. The third-order valence-electron chi connectivity index (χ3n) is 2.98. The van der Waals surface area contributed by atoms with Gasteiger partial charge in [-0.1, -0.05) is 11.2 Å². The molecule has 20 heavy (non-hydrogen) atoms. The zero-order valence-electron chi connectivity index (χ0n) is 11.8. The molecule has 0 radical (unpaired) electrons. The summed E-state index contributed by atoms with van der Waals surface area (Å²) in [5.41, 5.74) is 8.39. The molecule has 2 aromatic rings. The number of nitrogen functional groups attached to an aromatic ring is 1. The number of aromatic nitrogens is 2. The Bertz CT molecular complexity index is 554. The van der Waals surface area contributed by atoms with Crippen molar-refractivity contribution in [2.24, 2.45) is 0 Å². The monoisotopic (exact) mass is 277 g/mol. The SMILES string of the molecule is COCCOCCc1noc(-c2cccc(N)c2C)n1. The summed E-state index contributed by atoms with van der Waals surface area (Å²) in [4.78, 5) is 4.36. The molecule has 1 aromatic carbocycles. The maximum absolute atomic E-state index is 5.87. The molecule has 0 aliphatic rings. The normalized spacial score (nSPS) is 10.9. The van der Waals surface area contributed by atoms with Crippen LogP contribution in [0.1, 0.15) is 11.4 Å². The van der Waals surface area contributed by atoms with E-state index in [0.717, 1.165) is 11.1 Å². The van der Waals surface area contributed by atoms with Gasteiger partial charge in [-0.05, 0) is 24.6 Å². The summed E-state index contributed by atoms with van der Waals surface area (Å²) in [7, 11) is 1.64.